The van der Waals surface area contributed by atoms with Gasteiger partial charge < -0.3 is 0 Å². The monoisotopic (exact) mass is 164 g/mol. The molecule has 0 atom stereocenters. The van der Waals surface area contributed by atoms with Crippen molar-refractivity contribution in [2.75, 3.05) is 0 Å². The maximum Gasteiger partial charge on any atom is 0.163 e. The van der Waals surface area contributed by atoms with Crippen LogP contribution in [0.4, 0.5) is 4.39 Å². The van der Waals surface area contributed by atoms with Crippen molar-refractivity contribution >= 4 is 5.78 Å². The van der Waals surface area contributed by atoms with Crippen LogP contribution in [0.3, 0.4) is 0 Å². The molecule has 62 valence electrons. The Morgan fingerprint density at radius 3 is 2.83 bits per heavy atom. The standard InChI is InChI=1S/C10H9FO/c1-6-4-8(11)5-7-2-3-9(12)10(6)7/h4-5H,2-3H2,1H3. The highest BCUT2D eigenvalue weighted by atomic mass is 19.1. The second-order valence-corrected chi connectivity index (χ2v) is 3.18. The van der Waals surface area contributed by atoms with Crippen LogP contribution in [0.5, 0.6) is 0 Å². The lowest BCUT2D eigenvalue weighted by atomic mass is 10.0. The van der Waals surface area contributed by atoms with Crippen LogP contribution in [-0.4, -0.2) is 5.78 Å². The Morgan fingerprint density at radius 1 is 1.33 bits per heavy atom. The maximum atomic E-state index is 12.8. The van der Waals surface area contributed by atoms with Crippen molar-refractivity contribution in [3.8, 4) is 0 Å². The first-order valence-corrected chi connectivity index (χ1v) is 4.00. The summed E-state index contributed by atoms with van der Waals surface area (Å²) in [6.07, 6.45) is 1.24. The van der Waals surface area contributed by atoms with E-state index in [2.05, 4.69) is 0 Å². The molecule has 1 nitrogen and oxygen atoms in total. The Kier molecular flexibility index (Phi) is 1.50. The molecule has 0 saturated heterocycles. The van der Waals surface area contributed by atoms with Crippen molar-refractivity contribution in [1.29, 1.82) is 0 Å². The number of Topliss-reactive ketones (excluding diaryl/α,β-unsaturated/α-hetero) is 1. The molecule has 0 saturated carbocycles. The Morgan fingerprint density at radius 2 is 2.08 bits per heavy atom. The smallest absolute Gasteiger partial charge is 0.163 e. The SMILES string of the molecule is Cc1cc(F)cc2c1C(=O)CC2. The van der Waals surface area contributed by atoms with E-state index in [0.29, 0.717) is 12.8 Å². The molecule has 1 aliphatic rings. The first kappa shape index (κ1) is 7.47. The summed E-state index contributed by atoms with van der Waals surface area (Å²) < 4.78 is 12.8. The number of benzene rings is 1. The largest absolute Gasteiger partial charge is 0.294 e. The van der Waals surface area contributed by atoms with Gasteiger partial charge in [0.25, 0.3) is 0 Å². The first-order valence-electron chi connectivity index (χ1n) is 4.00. The van der Waals surface area contributed by atoms with Crippen molar-refractivity contribution in [3.63, 3.8) is 0 Å². The number of ketones is 1. The van der Waals surface area contributed by atoms with E-state index in [0.717, 1.165) is 16.7 Å². The molecule has 0 amide bonds. The molecule has 0 bridgehead atoms. The van der Waals surface area contributed by atoms with Crippen LogP contribution in [0.1, 0.15) is 27.9 Å². The minimum atomic E-state index is -0.235. The van der Waals surface area contributed by atoms with Crippen LogP contribution >= 0.6 is 0 Å². The van der Waals surface area contributed by atoms with Gasteiger partial charge in [0.2, 0.25) is 0 Å². The van der Waals surface area contributed by atoms with E-state index >= 15 is 0 Å². The minimum Gasteiger partial charge on any atom is -0.294 e. The molecule has 0 unspecified atom stereocenters. The van der Waals surface area contributed by atoms with Crippen molar-refractivity contribution in [2.45, 2.75) is 19.8 Å². The molecule has 1 aromatic rings. The van der Waals surface area contributed by atoms with Gasteiger partial charge in [-0.25, -0.2) is 4.39 Å². The Balaban J connectivity index is 2.68. The summed E-state index contributed by atoms with van der Waals surface area (Å²) in [7, 11) is 0. The van der Waals surface area contributed by atoms with Crippen molar-refractivity contribution in [1.82, 2.24) is 0 Å². The lowest BCUT2D eigenvalue weighted by Crippen LogP contribution is -1.95. The third kappa shape index (κ3) is 0.951. The van der Waals surface area contributed by atoms with Crippen molar-refractivity contribution in [3.05, 3.63) is 34.6 Å². The van der Waals surface area contributed by atoms with Gasteiger partial charge in [-0.3, -0.25) is 4.79 Å². The maximum absolute atomic E-state index is 12.8. The molecule has 1 aromatic carbocycles. The summed E-state index contributed by atoms with van der Waals surface area (Å²) in [5.74, 6) is -0.0801. The van der Waals surface area contributed by atoms with Gasteiger partial charge in [0.15, 0.2) is 5.78 Å². The second-order valence-electron chi connectivity index (χ2n) is 3.18. The number of halogens is 1. The highest BCUT2D eigenvalue weighted by Crippen LogP contribution is 2.25. The van der Waals surface area contributed by atoms with E-state index in [-0.39, 0.29) is 11.6 Å². The quantitative estimate of drug-likeness (QED) is 0.574. The molecule has 0 radical (unpaired) electrons. The van der Waals surface area contributed by atoms with Crippen molar-refractivity contribution < 1.29 is 9.18 Å². The molecule has 0 aliphatic heterocycles. The zero-order valence-electron chi connectivity index (χ0n) is 6.86. The summed E-state index contributed by atoms with van der Waals surface area (Å²) in [5, 5.41) is 0. The van der Waals surface area contributed by atoms with Gasteiger partial charge in [0.05, 0.1) is 0 Å². The lowest BCUT2D eigenvalue weighted by molar-refractivity contribution is 0.0994. The highest BCUT2D eigenvalue weighted by Gasteiger charge is 2.21. The Hall–Kier alpha value is -1.18. The fourth-order valence-corrected chi connectivity index (χ4v) is 1.78. The normalized spacial score (nSPS) is 15.0. The van der Waals surface area contributed by atoms with Gasteiger partial charge >= 0.3 is 0 Å². The van der Waals surface area contributed by atoms with Crippen LogP contribution in [-0.2, 0) is 6.42 Å². The molecule has 0 fully saturated rings. The van der Waals surface area contributed by atoms with Crippen LogP contribution in [0.2, 0.25) is 0 Å². The van der Waals surface area contributed by atoms with Gasteiger partial charge in [-0.05, 0) is 36.6 Å². The minimum absolute atomic E-state index is 0.155. The summed E-state index contributed by atoms with van der Waals surface area (Å²) in [4.78, 5) is 11.3. The summed E-state index contributed by atoms with van der Waals surface area (Å²) in [6.45, 7) is 1.78. The predicted octanol–water partition coefficient (Wildman–Crippen LogP) is 2.26. The molecule has 2 rings (SSSR count). The first-order chi connectivity index (χ1) is 5.68. The number of rotatable bonds is 0. The van der Waals surface area contributed by atoms with Crippen LogP contribution in [0.25, 0.3) is 0 Å². The molecule has 0 aromatic heterocycles. The van der Waals surface area contributed by atoms with Crippen LogP contribution in [0.15, 0.2) is 12.1 Å². The Labute approximate surface area is 70.2 Å². The molecule has 1 aliphatic carbocycles. The van der Waals surface area contributed by atoms with Crippen LogP contribution < -0.4 is 0 Å². The highest BCUT2D eigenvalue weighted by molar-refractivity contribution is 6.01. The number of fused-ring (bicyclic) bond motifs is 1. The molecular weight excluding hydrogens is 155 g/mol. The summed E-state index contributed by atoms with van der Waals surface area (Å²) in [6, 6.07) is 2.88. The third-order valence-electron chi connectivity index (χ3n) is 2.28. The average molecular weight is 164 g/mol. The molecule has 2 heteroatoms. The topological polar surface area (TPSA) is 17.1 Å². The number of hydrogen-bond donors (Lipinski definition) is 0. The van der Waals surface area contributed by atoms with Crippen LogP contribution in [0, 0.1) is 12.7 Å². The average Bonchev–Trinajstić information content (AvgIpc) is 2.31. The fourth-order valence-electron chi connectivity index (χ4n) is 1.78. The fraction of sp³-hybridized carbons (Fsp3) is 0.300. The number of carbonyl (C=O) groups excluding carboxylic acids is 1. The summed E-state index contributed by atoms with van der Waals surface area (Å²) >= 11 is 0. The van der Waals surface area contributed by atoms with Crippen molar-refractivity contribution in [2.24, 2.45) is 0 Å². The van der Waals surface area contributed by atoms with Gasteiger partial charge in [0, 0.05) is 12.0 Å². The zero-order valence-corrected chi connectivity index (χ0v) is 6.86. The summed E-state index contributed by atoms with van der Waals surface area (Å²) in [5.41, 5.74) is 2.39. The van der Waals surface area contributed by atoms with E-state index < -0.39 is 0 Å². The predicted molar refractivity (Wildman–Crippen MR) is 43.8 cm³/mol. The zero-order chi connectivity index (χ0) is 8.72. The lowest BCUT2D eigenvalue weighted by Gasteiger charge is -2.01. The Bertz CT molecular complexity index is 355. The number of aryl methyl sites for hydroxylation is 2. The van der Waals surface area contributed by atoms with E-state index in [1.807, 2.05) is 0 Å². The van der Waals surface area contributed by atoms with E-state index in [9.17, 15) is 9.18 Å². The van der Waals surface area contributed by atoms with Gasteiger partial charge in [-0.1, -0.05) is 0 Å². The number of carbonyl (C=O) groups is 1. The van der Waals surface area contributed by atoms with Gasteiger partial charge in [-0.2, -0.15) is 0 Å². The second kappa shape index (κ2) is 2.41. The molecule has 0 heterocycles. The molecule has 0 N–H and O–H groups in total. The molecule has 0 spiro atoms. The van der Waals surface area contributed by atoms with E-state index in [1.54, 1.807) is 6.92 Å². The van der Waals surface area contributed by atoms with Gasteiger partial charge in [0.1, 0.15) is 5.82 Å². The molecular formula is C10H9FO. The third-order valence-corrected chi connectivity index (χ3v) is 2.28. The van der Waals surface area contributed by atoms with Gasteiger partial charge in [-0.15, -0.1) is 0 Å². The molecule has 12 heavy (non-hydrogen) atoms. The number of hydrogen-bond acceptors (Lipinski definition) is 1. The van der Waals surface area contributed by atoms with E-state index in [1.165, 1.54) is 12.1 Å². The van der Waals surface area contributed by atoms with E-state index in [4.69, 9.17) is 0 Å².